The van der Waals surface area contributed by atoms with E-state index in [0.717, 1.165) is 22.3 Å². The lowest BCUT2D eigenvalue weighted by molar-refractivity contribution is -0.133. The molecule has 1 fully saturated rings. The van der Waals surface area contributed by atoms with Gasteiger partial charge in [0.1, 0.15) is 18.6 Å². The quantitative estimate of drug-likeness (QED) is 0.608. The summed E-state index contributed by atoms with van der Waals surface area (Å²) < 4.78 is 5.45. The Kier molecular flexibility index (Phi) is 8.31. The van der Waals surface area contributed by atoms with E-state index in [2.05, 4.69) is 21.7 Å². The Morgan fingerprint density at radius 3 is 2.53 bits per heavy atom. The Balaban J connectivity index is 1.85. The number of carbonyl (C=O) groups is 2. The van der Waals surface area contributed by atoms with Crippen LogP contribution in [0.15, 0.2) is 42.7 Å². The minimum absolute atomic E-state index is 0.118. The highest BCUT2D eigenvalue weighted by molar-refractivity contribution is 5.90. The van der Waals surface area contributed by atoms with E-state index in [9.17, 15) is 9.59 Å². The van der Waals surface area contributed by atoms with Gasteiger partial charge in [-0.25, -0.2) is 0 Å². The van der Waals surface area contributed by atoms with Gasteiger partial charge in [0.2, 0.25) is 11.8 Å². The summed E-state index contributed by atoms with van der Waals surface area (Å²) in [7, 11) is 0. The Labute approximate surface area is 188 Å². The van der Waals surface area contributed by atoms with Crippen molar-refractivity contribution in [3.05, 3.63) is 65.0 Å². The summed E-state index contributed by atoms with van der Waals surface area (Å²) in [4.78, 5) is 32.5. The maximum atomic E-state index is 13.5. The smallest absolute Gasteiger partial charge is 0.243 e. The van der Waals surface area contributed by atoms with Gasteiger partial charge in [-0.15, -0.1) is 0 Å². The molecular formula is C24H29N5O3. The van der Waals surface area contributed by atoms with Gasteiger partial charge in [-0.1, -0.05) is 35.4 Å². The van der Waals surface area contributed by atoms with Crippen LogP contribution in [0, 0.1) is 25.2 Å². The second kappa shape index (κ2) is 11.4. The molecular weight excluding hydrogens is 406 g/mol. The highest BCUT2D eigenvalue weighted by atomic mass is 16.5. The summed E-state index contributed by atoms with van der Waals surface area (Å²) in [6, 6.07) is 10.2. The maximum absolute atomic E-state index is 13.5. The Bertz CT molecular complexity index is 947. The molecule has 8 heteroatoms. The fraction of sp³-hybridized carbons (Fsp3) is 0.417. The Morgan fingerprint density at radius 1 is 1.19 bits per heavy atom. The van der Waals surface area contributed by atoms with Crippen LogP contribution in [-0.4, -0.2) is 60.6 Å². The van der Waals surface area contributed by atoms with Crippen LogP contribution in [0.1, 0.15) is 28.3 Å². The first-order chi connectivity index (χ1) is 15.5. The predicted molar refractivity (Wildman–Crippen MR) is 120 cm³/mol. The molecule has 3 rings (SSSR count). The van der Waals surface area contributed by atoms with Crippen LogP contribution in [0.2, 0.25) is 0 Å². The lowest BCUT2D eigenvalue weighted by atomic mass is 9.99. The van der Waals surface area contributed by atoms with Crippen molar-refractivity contribution in [3.63, 3.8) is 0 Å². The number of benzene rings is 1. The molecule has 0 spiro atoms. The van der Waals surface area contributed by atoms with Crippen molar-refractivity contribution in [2.45, 2.75) is 32.4 Å². The van der Waals surface area contributed by atoms with Crippen molar-refractivity contribution in [2.24, 2.45) is 0 Å². The number of ether oxygens (including phenoxy) is 1. The number of hydrogen-bond donors (Lipinski definition) is 2. The number of aryl methyl sites for hydroxylation is 2. The molecule has 32 heavy (non-hydrogen) atoms. The molecule has 0 saturated carbocycles. The lowest BCUT2D eigenvalue weighted by Crippen LogP contribution is -2.53. The van der Waals surface area contributed by atoms with Gasteiger partial charge in [-0.3, -0.25) is 19.5 Å². The maximum Gasteiger partial charge on any atom is 0.243 e. The van der Waals surface area contributed by atoms with Crippen LogP contribution in [0.3, 0.4) is 0 Å². The highest BCUT2D eigenvalue weighted by Gasteiger charge is 2.32. The summed E-state index contributed by atoms with van der Waals surface area (Å²) in [5.74, 6) is -0.660. The number of aromatic nitrogens is 1. The molecule has 0 bridgehead atoms. The summed E-state index contributed by atoms with van der Waals surface area (Å²) in [6.07, 6.45) is 3.67. The van der Waals surface area contributed by atoms with Crippen LogP contribution in [0.5, 0.6) is 0 Å². The minimum atomic E-state index is -0.808. The number of nitrogens with one attached hydrogen (secondary N) is 2. The minimum Gasteiger partial charge on any atom is -0.379 e. The average molecular weight is 436 g/mol. The first kappa shape index (κ1) is 23.4. The van der Waals surface area contributed by atoms with Gasteiger partial charge in [0.05, 0.1) is 19.3 Å². The van der Waals surface area contributed by atoms with Crippen LogP contribution in [-0.2, 0) is 20.7 Å². The predicted octanol–water partition coefficient (Wildman–Crippen LogP) is 1.44. The zero-order valence-electron chi connectivity index (χ0n) is 18.5. The molecule has 0 radical (unpaired) electrons. The highest BCUT2D eigenvalue weighted by Crippen LogP contribution is 2.22. The Morgan fingerprint density at radius 2 is 1.91 bits per heavy atom. The number of nitrogens with zero attached hydrogens (tertiary/aromatic N) is 3. The van der Waals surface area contributed by atoms with E-state index >= 15 is 0 Å². The van der Waals surface area contributed by atoms with Crippen molar-refractivity contribution in [1.82, 2.24) is 20.5 Å². The molecule has 2 atom stereocenters. The van der Waals surface area contributed by atoms with Gasteiger partial charge in [0, 0.05) is 31.9 Å². The van der Waals surface area contributed by atoms with Gasteiger partial charge in [-0.05, 0) is 31.0 Å². The zero-order chi connectivity index (χ0) is 22.9. The van der Waals surface area contributed by atoms with Crippen molar-refractivity contribution in [1.29, 1.82) is 5.26 Å². The number of morpholine rings is 1. The fourth-order valence-electron chi connectivity index (χ4n) is 4.03. The van der Waals surface area contributed by atoms with E-state index in [1.807, 2.05) is 43.0 Å². The van der Waals surface area contributed by atoms with E-state index in [0.29, 0.717) is 32.7 Å². The van der Waals surface area contributed by atoms with E-state index in [1.165, 1.54) is 0 Å². The summed E-state index contributed by atoms with van der Waals surface area (Å²) in [6.45, 7) is 6.17. The monoisotopic (exact) mass is 435 g/mol. The number of nitriles is 1. The van der Waals surface area contributed by atoms with E-state index in [1.54, 1.807) is 18.5 Å². The van der Waals surface area contributed by atoms with Gasteiger partial charge in [0.25, 0.3) is 0 Å². The van der Waals surface area contributed by atoms with Crippen LogP contribution in [0.4, 0.5) is 0 Å². The third kappa shape index (κ3) is 6.36. The average Bonchev–Trinajstić information content (AvgIpc) is 2.78. The number of pyridine rings is 1. The normalized spacial score (nSPS) is 15.9. The molecule has 1 unspecified atom stereocenters. The lowest BCUT2D eigenvalue weighted by Gasteiger charge is -2.34. The van der Waals surface area contributed by atoms with Gasteiger partial charge in [-0.2, -0.15) is 5.26 Å². The number of hydrogen-bond acceptors (Lipinski definition) is 6. The van der Waals surface area contributed by atoms with Crippen LogP contribution >= 0.6 is 0 Å². The molecule has 1 aromatic heterocycles. The van der Waals surface area contributed by atoms with Crippen LogP contribution in [0.25, 0.3) is 0 Å². The molecule has 2 heterocycles. The largest absolute Gasteiger partial charge is 0.379 e. The van der Waals surface area contributed by atoms with Crippen LogP contribution < -0.4 is 10.6 Å². The molecule has 1 saturated heterocycles. The summed E-state index contributed by atoms with van der Waals surface area (Å²) in [5.41, 5.74) is 3.88. The molecule has 1 aliphatic heterocycles. The van der Waals surface area contributed by atoms with Crippen molar-refractivity contribution >= 4 is 11.8 Å². The summed E-state index contributed by atoms with van der Waals surface area (Å²) in [5, 5.41) is 14.4. The zero-order valence-corrected chi connectivity index (χ0v) is 18.5. The standard InChI is InChI=1S/C24H29N5O3/c1-17-12-18(2)14-19(13-17)15-21(23(30)27-7-5-25)28-24(31)22(20-4-3-6-26-16-20)29-8-10-32-11-9-29/h3-4,6,12-14,16,21-22H,7-11,15H2,1-2H3,(H,27,30)(H,28,31)/t21-,22?/m0/s1. The molecule has 0 aliphatic carbocycles. The van der Waals surface area contributed by atoms with Crippen molar-refractivity contribution in [2.75, 3.05) is 32.8 Å². The molecule has 2 amide bonds. The molecule has 2 aromatic rings. The van der Waals surface area contributed by atoms with Gasteiger partial charge >= 0.3 is 0 Å². The molecule has 1 aromatic carbocycles. The first-order valence-corrected chi connectivity index (χ1v) is 10.7. The van der Waals surface area contributed by atoms with Gasteiger partial charge < -0.3 is 15.4 Å². The molecule has 2 N–H and O–H groups in total. The van der Waals surface area contributed by atoms with E-state index < -0.39 is 12.1 Å². The fourth-order valence-corrected chi connectivity index (χ4v) is 4.03. The van der Waals surface area contributed by atoms with Gasteiger partial charge in [0.15, 0.2) is 0 Å². The molecule has 8 nitrogen and oxygen atoms in total. The number of carbonyl (C=O) groups excluding carboxylic acids is 2. The van der Waals surface area contributed by atoms with Crippen molar-refractivity contribution in [3.8, 4) is 6.07 Å². The third-order valence-corrected chi connectivity index (χ3v) is 5.36. The summed E-state index contributed by atoms with van der Waals surface area (Å²) >= 11 is 0. The second-order valence-corrected chi connectivity index (χ2v) is 7.97. The van der Waals surface area contributed by atoms with E-state index in [-0.39, 0.29) is 18.4 Å². The topological polar surface area (TPSA) is 107 Å². The van der Waals surface area contributed by atoms with Crippen molar-refractivity contribution < 1.29 is 14.3 Å². The third-order valence-electron chi connectivity index (χ3n) is 5.36. The number of rotatable bonds is 8. The second-order valence-electron chi connectivity index (χ2n) is 7.97. The molecule has 168 valence electrons. The Hall–Kier alpha value is -3.28. The first-order valence-electron chi connectivity index (χ1n) is 10.7. The number of amides is 2. The molecule has 1 aliphatic rings. The van der Waals surface area contributed by atoms with E-state index in [4.69, 9.17) is 10.00 Å². The SMILES string of the molecule is Cc1cc(C)cc(C[C@H](NC(=O)C(c2cccnc2)N2CCOCC2)C(=O)NCC#N)c1.